The maximum atomic E-state index is 14.0. The van der Waals surface area contributed by atoms with Gasteiger partial charge in [-0.15, -0.1) is 0 Å². The largest absolute Gasteiger partial charge is 0.356 e. The third-order valence-electron chi connectivity index (χ3n) is 4.80. The maximum Gasteiger partial charge on any atom is 0.237 e. The van der Waals surface area contributed by atoms with E-state index in [1.165, 1.54) is 12.1 Å². The zero-order valence-corrected chi connectivity index (χ0v) is 15.5. The number of hydrogen-bond donors (Lipinski definition) is 2. The van der Waals surface area contributed by atoms with Crippen molar-refractivity contribution in [3.8, 4) is 0 Å². The van der Waals surface area contributed by atoms with Crippen molar-refractivity contribution in [2.24, 2.45) is 0 Å². The van der Waals surface area contributed by atoms with Gasteiger partial charge in [-0.3, -0.25) is 14.5 Å². The van der Waals surface area contributed by atoms with Crippen LogP contribution >= 0.6 is 0 Å². The Bertz CT molecular complexity index is 830. The van der Waals surface area contributed by atoms with Gasteiger partial charge in [-0.05, 0) is 18.1 Å². The van der Waals surface area contributed by atoms with Crippen LogP contribution in [0.3, 0.4) is 0 Å². The molecule has 0 unspecified atom stereocenters. The van der Waals surface area contributed by atoms with Crippen LogP contribution in [0.2, 0.25) is 0 Å². The molecule has 1 fully saturated rings. The topological polar surface area (TPSA) is 61.4 Å². The first-order chi connectivity index (χ1) is 13.5. The number of halogens is 2. The van der Waals surface area contributed by atoms with Crippen molar-refractivity contribution in [2.75, 3.05) is 19.6 Å². The summed E-state index contributed by atoms with van der Waals surface area (Å²) in [5.41, 5.74) is 1.28. The summed E-state index contributed by atoms with van der Waals surface area (Å²) in [6.07, 6.45) is 0.666. The number of piperazine rings is 1. The molecule has 1 aliphatic rings. The highest BCUT2D eigenvalue weighted by Gasteiger charge is 2.32. The van der Waals surface area contributed by atoms with Gasteiger partial charge in [0.05, 0.1) is 12.5 Å². The fraction of sp³-hybridized carbons (Fsp3) is 0.333. The van der Waals surface area contributed by atoms with Crippen LogP contribution < -0.4 is 10.6 Å². The summed E-state index contributed by atoms with van der Waals surface area (Å²) in [4.78, 5) is 26.3. The molecule has 2 amide bonds. The number of nitrogens with one attached hydrogen (secondary N) is 2. The molecule has 0 radical (unpaired) electrons. The molecule has 3 rings (SSSR count). The number of carbonyl (C=O) groups excluding carboxylic acids is 2. The van der Waals surface area contributed by atoms with Gasteiger partial charge >= 0.3 is 0 Å². The second-order valence-electron chi connectivity index (χ2n) is 6.78. The molecule has 5 nitrogen and oxygen atoms in total. The molecule has 28 heavy (non-hydrogen) atoms. The Hall–Kier alpha value is -2.80. The van der Waals surface area contributed by atoms with E-state index in [0.29, 0.717) is 26.1 Å². The van der Waals surface area contributed by atoms with Crippen molar-refractivity contribution in [3.05, 3.63) is 71.3 Å². The van der Waals surface area contributed by atoms with Gasteiger partial charge in [-0.1, -0.05) is 42.5 Å². The van der Waals surface area contributed by atoms with E-state index in [1.54, 1.807) is 4.90 Å². The summed E-state index contributed by atoms with van der Waals surface area (Å²) >= 11 is 0. The van der Waals surface area contributed by atoms with Crippen LogP contribution in [0, 0.1) is 11.6 Å². The van der Waals surface area contributed by atoms with Crippen LogP contribution in [0.5, 0.6) is 0 Å². The van der Waals surface area contributed by atoms with Crippen LogP contribution in [0.25, 0.3) is 0 Å². The van der Waals surface area contributed by atoms with Gasteiger partial charge in [0.2, 0.25) is 11.8 Å². The van der Waals surface area contributed by atoms with Crippen molar-refractivity contribution in [3.63, 3.8) is 0 Å². The highest BCUT2D eigenvalue weighted by molar-refractivity contribution is 5.88. The minimum Gasteiger partial charge on any atom is -0.356 e. The summed E-state index contributed by atoms with van der Waals surface area (Å²) in [7, 11) is 0. The molecule has 1 aliphatic heterocycles. The third kappa shape index (κ3) is 5.13. The molecule has 1 saturated heterocycles. The summed E-state index contributed by atoms with van der Waals surface area (Å²) < 4.78 is 27.4. The standard InChI is InChI=1S/C21H23F2N3O2/c22-17-8-4-7-16(20(17)23)14-26-12-11-25-21(28)18(26)13-19(27)24-10-9-15-5-2-1-3-6-15/h1-8,18H,9-14H2,(H,24,27)(H,25,28)/t18-/m1/s1. The van der Waals surface area contributed by atoms with E-state index in [2.05, 4.69) is 10.6 Å². The van der Waals surface area contributed by atoms with Gasteiger partial charge in [0, 0.05) is 31.7 Å². The Morgan fingerprint density at radius 2 is 1.93 bits per heavy atom. The number of nitrogens with zero attached hydrogens (tertiary/aromatic N) is 1. The highest BCUT2D eigenvalue weighted by atomic mass is 19.2. The van der Waals surface area contributed by atoms with E-state index < -0.39 is 17.7 Å². The van der Waals surface area contributed by atoms with E-state index in [9.17, 15) is 18.4 Å². The van der Waals surface area contributed by atoms with Crippen LogP contribution in [0.1, 0.15) is 17.5 Å². The zero-order chi connectivity index (χ0) is 19.9. The second-order valence-corrected chi connectivity index (χ2v) is 6.78. The van der Waals surface area contributed by atoms with E-state index >= 15 is 0 Å². The lowest BCUT2D eigenvalue weighted by atomic mass is 10.1. The molecule has 2 aromatic carbocycles. The molecule has 1 heterocycles. The van der Waals surface area contributed by atoms with E-state index in [-0.39, 0.29) is 30.3 Å². The van der Waals surface area contributed by atoms with Gasteiger partial charge in [0.15, 0.2) is 11.6 Å². The quantitative estimate of drug-likeness (QED) is 0.764. The Morgan fingerprint density at radius 3 is 2.71 bits per heavy atom. The lowest BCUT2D eigenvalue weighted by Gasteiger charge is -2.34. The lowest BCUT2D eigenvalue weighted by Crippen LogP contribution is -2.56. The van der Waals surface area contributed by atoms with Gasteiger partial charge in [0.25, 0.3) is 0 Å². The molecular weight excluding hydrogens is 364 g/mol. The fourth-order valence-corrected chi connectivity index (χ4v) is 3.30. The third-order valence-corrected chi connectivity index (χ3v) is 4.80. The molecule has 0 aliphatic carbocycles. The van der Waals surface area contributed by atoms with E-state index in [1.807, 2.05) is 30.3 Å². The molecule has 148 valence electrons. The smallest absolute Gasteiger partial charge is 0.237 e. The van der Waals surface area contributed by atoms with Crippen molar-refractivity contribution >= 4 is 11.8 Å². The summed E-state index contributed by atoms with van der Waals surface area (Å²) in [6.45, 7) is 1.40. The zero-order valence-electron chi connectivity index (χ0n) is 15.5. The molecule has 0 saturated carbocycles. The molecule has 0 spiro atoms. The first-order valence-electron chi connectivity index (χ1n) is 9.30. The molecule has 2 N–H and O–H groups in total. The lowest BCUT2D eigenvalue weighted by molar-refractivity contribution is -0.134. The Morgan fingerprint density at radius 1 is 1.14 bits per heavy atom. The number of benzene rings is 2. The van der Waals surface area contributed by atoms with Crippen LogP contribution in [-0.4, -0.2) is 42.4 Å². The van der Waals surface area contributed by atoms with E-state index in [4.69, 9.17) is 0 Å². The fourth-order valence-electron chi connectivity index (χ4n) is 3.30. The molecule has 0 bridgehead atoms. The summed E-state index contributed by atoms with van der Waals surface area (Å²) in [5, 5.41) is 5.56. The molecular formula is C21H23F2N3O2. The minimum atomic E-state index is -0.922. The average molecular weight is 387 g/mol. The van der Waals surface area contributed by atoms with Gasteiger partial charge in [-0.25, -0.2) is 8.78 Å². The van der Waals surface area contributed by atoms with Gasteiger partial charge in [0.1, 0.15) is 0 Å². The average Bonchev–Trinajstić information content (AvgIpc) is 2.69. The number of carbonyl (C=O) groups is 2. The van der Waals surface area contributed by atoms with Crippen molar-refractivity contribution in [1.82, 2.24) is 15.5 Å². The molecule has 1 atom stereocenters. The van der Waals surface area contributed by atoms with Crippen LogP contribution in [0.15, 0.2) is 48.5 Å². The number of hydrogen-bond acceptors (Lipinski definition) is 3. The number of amides is 2. The molecule has 2 aromatic rings. The Balaban J connectivity index is 1.58. The van der Waals surface area contributed by atoms with Crippen molar-refractivity contribution < 1.29 is 18.4 Å². The minimum absolute atomic E-state index is 0.0302. The maximum absolute atomic E-state index is 14.0. The van der Waals surface area contributed by atoms with E-state index in [0.717, 1.165) is 11.6 Å². The highest BCUT2D eigenvalue weighted by Crippen LogP contribution is 2.18. The van der Waals surface area contributed by atoms with Crippen LogP contribution in [0.4, 0.5) is 8.78 Å². The predicted molar refractivity (Wildman–Crippen MR) is 101 cm³/mol. The van der Waals surface area contributed by atoms with Gasteiger partial charge < -0.3 is 10.6 Å². The predicted octanol–water partition coefficient (Wildman–Crippen LogP) is 2.01. The van der Waals surface area contributed by atoms with Crippen molar-refractivity contribution in [1.29, 1.82) is 0 Å². The summed E-state index contributed by atoms with van der Waals surface area (Å²) in [6, 6.07) is 13.0. The first kappa shape index (κ1) is 19.9. The van der Waals surface area contributed by atoms with Crippen LogP contribution in [-0.2, 0) is 22.6 Å². The van der Waals surface area contributed by atoms with Crippen molar-refractivity contribution in [2.45, 2.75) is 25.4 Å². The first-order valence-corrected chi connectivity index (χ1v) is 9.30. The molecule has 0 aromatic heterocycles. The summed E-state index contributed by atoms with van der Waals surface area (Å²) in [5.74, 6) is -2.36. The Kier molecular flexibility index (Phi) is 6.71. The Labute approximate surface area is 162 Å². The van der Waals surface area contributed by atoms with Gasteiger partial charge in [-0.2, -0.15) is 0 Å². The second kappa shape index (κ2) is 9.41. The number of rotatable bonds is 7. The molecule has 7 heteroatoms. The normalized spacial score (nSPS) is 17.2. The monoisotopic (exact) mass is 387 g/mol. The SMILES string of the molecule is O=C(C[C@@H]1C(=O)NCCN1Cc1cccc(F)c1F)NCCc1ccccc1.